The van der Waals surface area contributed by atoms with Crippen molar-refractivity contribution in [1.82, 2.24) is 9.55 Å². The largest absolute Gasteiger partial charge is 0.372 e. The molecule has 3 heteroatoms. The number of aromatic nitrogens is 2. The number of hydrogen-bond acceptors (Lipinski definition) is 2. The van der Waals surface area contributed by atoms with Crippen LogP contribution < -0.4 is 0 Å². The van der Waals surface area contributed by atoms with E-state index in [1.165, 1.54) is 54.9 Å². The van der Waals surface area contributed by atoms with Crippen LogP contribution in [0.2, 0.25) is 0 Å². The van der Waals surface area contributed by atoms with Gasteiger partial charge in [-0.05, 0) is 22.8 Å². The van der Waals surface area contributed by atoms with E-state index in [0.717, 1.165) is 19.6 Å². The van der Waals surface area contributed by atoms with Crippen molar-refractivity contribution in [2.75, 3.05) is 6.61 Å². The Balaban J connectivity index is 1.61. The summed E-state index contributed by atoms with van der Waals surface area (Å²) in [6.07, 6.45) is 14.9. The highest BCUT2D eigenvalue weighted by Gasteiger charge is 2.15. The van der Waals surface area contributed by atoms with Crippen molar-refractivity contribution < 1.29 is 4.74 Å². The van der Waals surface area contributed by atoms with E-state index in [1.807, 2.05) is 18.7 Å². The van der Waals surface area contributed by atoms with Crippen LogP contribution in [0.15, 0.2) is 61.2 Å². The third-order valence-corrected chi connectivity index (χ3v) is 5.17. The van der Waals surface area contributed by atoms with Gasteiger partial charge in [0.05, 0.1) is 12.9 Å². The molecule has 0 fully saturated rings. The summed E-state index contributed by atoms with van der Waals surface area (Å²) >= 11 is 0. The maximum atomic E-state index is 6.39. The summed E-state index contributed by atoms with van der Waals surface area (Å²) in [5.41, 5.74) is 1.27. The molecule has 27 heavy (non-hydrogen) atoms. The number of ether oxygens (including phenoxy) is 1. The Hall–Kier alpha value is -2.13. The number of benzene rings is 2. The minimum atomic E-state index is 0.0467. The van der Waals surface area contributed by atoms with Gasteiger partial charge >= 0.3 is 0 Å². The molecule has 0 saturated heterocycles. The van der Waals surface area contributed by atoms with Crippen molar-refractivity contribution in [3.8, 4) is 0 Å². The minimum absolute atomic E-state index is 0.0467. The molecule has 0 aliphatic rings. The van der Waals surface area contributed by atoms with E-state index in [0.29, 0.717) is 0 Å². The minimum Gasteiger partial charge on any atom is -0.372 e. The normalized spacial score (nSPS) is 12.5. The number of fused-ring (bicyclic) bond motifs is 1. The number of unbranched alkanes of at least 4 members (excludes halogenated alkanes) is 6. The number of imidazole rings is 1. The molecule has 2 aromatic carbocycles. The first-order chi connectivity index (χ1) is 13.4. The molecule has 3 aromatic rings. The molecule has 0 radical (unpaired) electrons. The fourth-order valence-electron chi connectivity index (χ4n) is 3.64. The summed E-state index contributed by atoms with van der Waals surface area (Å²) in [5.74, 6) is 0. The van der Waals surface area contributed by atoms with Gasteiger partial charge in [-0.1, -0.05) is 87.9 Å². The Labute approximate surface area is 163 Å². The molecule has 0 N–H and O–H groups in total. The van der Waals surface area contributed by atoms with Gasteiger partial charge in [0.1, 0.15) is 6.10 Å². The second kappa shape index (κ2) is 10.9. The topological polar surface area (TPSA) is 27.1 Å². The van der Waals surface area contributed by atoms with Crippen LogP contribution in [0.5, 0.6) is 0 Å². The van der Waals surface area contributed by atoms with Gasteiger partial charge in [-0.3, -0.25) is 0 Å². The molecular formula is C24H32N2O. The van der Waals surface area contributed by atoms with Crippen molar-refractivity contribution >= 4 is 10.8 Å². The first kappa shape index (κ1) is 19.6. The van der Waals surface area contributed by atoms with Crippen LogP contribution in [0.3, 0.4) is 0 Å². The zero-order valence-electron chi connectivity index (χ0n) is 16.5. The van der Waals surface area contributed by atoms with Crippen LogP contribution in [0.25, 0.3) is 10.8 Å². The zero-order valence-corrected chi connectivity index (χ0v) is 16.5. The van der Waals surface area contributed by atoms with Crippen LogP contribution in [-0.4, -0.2) is 16.2 Å². The second-order valence-electron chi connectivity index (χ2n) is 7.31. The second-order valence-corrected chi connectivity index (χ2v) is 7.31. The lowest BCUT2D eigenvalue weighted by molar-refractivity contribution is 0.0389. The molecule has 0 aliphatic heterocycles. The molecule has 0 spiro atoms. The van der Waals surface area contributed by atoms with Gasteiger partial charge in [-0.15, -0.1) is 0 Å². The Morgan fingerprint density at radius 1 is 0.926 bits per heavy atom. The highest BCUT2D eigenvalue weighted by molar-refractivity contribution is 5.85. The summed E-state index contributed by atoms with van der Waals surface area (Å²) in [6.45, 7) is 3.88. The molecule has 1 atom stereocenters. The fourth-order valence-corrected chi connectivity index (χ4v) is 3.64. The van der Waals surface area contributed by atoms with E-state index in [9.17, 15) is 0 Å². The van der Waals surface area contributed by atoms with E-state index in [-0.39, 0.29) is 6.10 Å². The molecule has 144 valence electrons. The van der Waals surface area contributed by atoms with E-state index < -0.39 is 0 Å². The van der Waals surface area contributed by atoms with E-state index >= 15 is 0 Å². The number of rotatable bonds is 12. The van der Waals surface area contributed by atoms with Gasteiger partial charge in [0, 0.05) is 19.0 Å². The van der Waals surface area contributed by atoms with E-state index in [1.54, 1.807) is 0 Å². The highest BCUT2D eigenvalue weighted by atomic mass is 16.5. The summed E-state index contributed by atoms with van der Waals surface area (Å²) in [5, 5.41) is 2.55. The van der Waals surface area contributed by atoms with Gasteiger partial charge in [0.2, 0.25) is 0 Å². The average Bonchev–Trinajstić information content (AvgIpc) is 3.22. The predicted molar refractivity (Wildman–Crippen MR) is 113 cm³/mol. The maximum absolute atomic E-state index is 6.39. The molecular weight excluding hydrogens is 332 g/mol. The molecule has 1 heterocycles. The fraction of sp³-hybridized carbons (Fsp3) is 0.458. The molecule has 0 amide bonds. The van der Waals surface area contributed by atoms with Crippen LogP contribution in [-0.2, 0) is 11.3 Å². The summed E-state index contributed by atoms with van der Waals surface area (Å²) in [4.78, 5) is 4.18. The lowest BCUT2D eigenvalue weighted by atomic mass is 10.00. The van der Waals surface area contributed by atoms with Crippen LogP contribution >= 0.6 is 0 Å². The van der Waals surface area contributed by atoms with Crippen molar-refractivity contribution in [2.24, 2.45) is 0 Å². The quantitative estimate of drug-likeness (QED) is 0.341. The first-order valence-electron chi connectivity index (χ1n) is 10.4. The maximum Gasteiger partial charge on any atom is 0.101 e. The molecule has 0 saturated carbocycles. The van der Waals surface area contributed by atoms with Gasteiger partial charge in [-0.25, -0.2) is 4.98 Å². The lowest BCUT2D eigenvalue weighted by Crippen LogP contribution is -2.13. The van der Waals surface area contributed by atoms with E-state index in [4.69, 9.17) is 4.74 Å². The van der Waals surface area contributed by atoms with Crippen molar-refractivity contribution in [1.29, 1.82) is 0 Å². The Morgan fingerprint density at radius 2 is 1.70 bits per heavy atom. The third-order valence-electron chi connectivity index (χ3n) is 5.17. The van der Waals surface area contributed by atoms with Gasteiger partial charge < -0.3 is 9.30 Å². The third kappa shape index (κ3) is 5.93. The van der Waals surface area contributed by atoms with Gasteiger partial charge in [-0.2, -0.15) is 0 Å². The standard InChI is InChI=1S/C24H32N2O/c1-2-3-4-5-6-7-10-18-27-24(19-26-17-16-25-20-26)23-15-11-13-21-12-8-9-14-22(21)23/h8-9,11-17,20,24H,2-7,10,18-19H2,1H3. The van der Waals surface area contributed by atoms with Gasteiger partial charge in [0.15, 0.2) is 0 Å². The SMILES string of the molecule is CCCCCCCCCOC(Cn1ccnc1)c1cccc2ccccc12. The van der Waals surface area contributed by atoms with Crippen molar-refractivity contribution in [3.05, 3.63) is 66.7 Å². The van der Waals surface area contributed by atoms with Crippen LogP contribution in [0.1, 0.15) is 63.5 Å². The number of hydrogen-bond donors (Lipinski definition) is 0. The van der Waals surface area contributed by atoms with Crippen LogP contribution in [0.4, 0.5) is 0 Å². The Bertz CT molecular complexity index is 777. The van der Waals surface area contributed by atoms with Crippen LogP contribution in [0, 0.1) is 0 Å². The number of nitrogens with zero attached hydrogens (tertiary/aromatic N) is 2. The van der Waals surface area contributed by atoms with Crippen molar-refractivity contribution in [3.63, 3.8) is 0 Å². The Morgan fingerprint density at radius 3 is 2.52 bits per heavy atom. The summed E-state index contributed by atoms with van der Waals surface area (Å²) in [6, 6.07) is 15.1. The van der Waals surface area contributed by atoms with E-state index in [2.05, 4.69) is 58.9 Å². The smallest absolute Gasteiger partial charge is 0.101 e. The first-order valence-corrected chi connectivity index (χ1v) is 10.4. The highest BCUT2D eigenvalue weighted by Crippen LogP contribution is 2.28. The molecule has 1 unspecified atom stereocenters. The Kier molecular flexibility index (Phi) is 7.91. The summed E-state index contributed by atoms with van der Waals surface area (Å²) < 4.78 is 8.50. The molecule has 0 aliphatic carbocycles. The monoisotopic (exact) mass is 364 g/mol. The molecule has 3 rings (SSSR count). The zero-order chi connectivity index (χ0) is 18.7. The van der Waals surface area contributed by atoms with Crippen molar-refractivity contribution in [2.45, 2.75) is 64.5 Å². The molecule has 3 nitrogen and oxygen atoms in total. The van der Waals surface area contributed by atoms with Gasteiger partial charge in [0.25, 0.3) is 0 Å². The molecule has 1 aromatic heterocycles. The molecule has 0 bridgehead atoms. The average molecular weight is 365 g/mol. The lowest BCUT2D eigenvalue weighted by Gasteiger charge is -2.21. The summed E-state index contributed by atoms with van der Waals surface area (Å²) in [7, 11) is 0. The predicted octanol–water partition coefficient (Wildman–Crippen LogP) is 6.54.